The number of amides is 1. The van der Waals surface area contributed by atoms with Gasteiger partial charge in [-0.15, -0.1) is 10.2 Å². The minimum absolute atomic E-state index is 0.0176. The van der Waals surface area contributed by atoms with Gasteiger partial charge in [-0.25, -0.2) is 0 Å². The van der Waals surface area contributed by atoms with Crippen molar-refractivity contribution >= 4 is 11.6 Å². The Morgan fingerprint density at radius 1 is 1.16 bits per heavy atom. The molecule has 1 unspecified atom stereocenters. The van der Waals surface area contributed by atoms with Crippen molar-refractivity contribution in [2.24, 2.45) is 5.92 Å². The Hall–Kier alpha value is -3.73. The number of hydrogen-bond acceptors (Lipinski definition) is 6. The van der Waals surface area contributed by atoms with Crippen LogP contribution >= 0.6 is 0 Å². The van der Waals surface area contributed by atoms with E-state index in [0.29, 0.717) is 12.4 Å². The second-order valence-electron chi connectivity index (χ2n) is 7.89. The van der Waals surface area contributed by atoms with Crippen LogP contribution in [0.3, 0.4) is 0 Å². The van der Waals surface area contributed by atoms with Crippen molar-refractivity contribution in [2.45, 2.75) is 39.3 Å². The number of aromatic nitrogens is 4. The van der Waals surface area contributed by atoms with Crippen LogP contribution in [0.1, 0.15) is 26.3 Å². The van der Waals surface area contributed by atoms with Crippen LogP contribution in [0, 0.1) is 17.2 Å². The molecule has 1 aromatic heterocycles. The molecule has 1 atom stereocenters. The third kappa shape index (κ3) is 5.89. The van der Waals surface area contributed by atoms with E-state index in [1.165, 1.54) is 0 Å². The van der Waals surface area contributed by atoms with E-state index >= 15 is 0 Å². The third-order valence-electron chi connectivity index (χ3n) is 5.28. The van der Waals surface area contributed by atoms with Gasteiger partial charge < -0.3 is 10.6 Å². The number of carbonyl (C=O) groups excluding carboxylic acids is 1. The van der Waals surface area contributed by atoms with Crippen LogP contribution in [0.15, 0.2) is 54.6 Å². The van der Waals surface area contributed by atoms with Crippen LogP contribution in [0.2, 0.25) is 0 Å². The highest BCUT2D eigenvalue weighted by atomic mass is 16.2. The number of benzene rings is 2. The number of hydrogen-bond donors (Lipinski definition) is 2. The van der Waals surface area contributed by atoms with Crippen molar-refractivity contribution in [1.82, 2.24) is 25.5 Å². The van der Waals surface area contributed by atoms with Gasteiger partial charge in [0.25, 0.3) is 0 Å². The molecule has 1 heterocycles. The predicted octanol–water partition coefficient (Wildman–Crippen LogP) is 3.05. The largest absolute Gasteiger partial charge is 0.376 e. The van der Waals surface area contributed by atoms with Crippen molar-refractivity contribution in [2.75, 3.05) is 11.9 Å². The molecule has 0 aliphatic heterocycles. The minimum Gasteiger partial charge on any atom is -0.376 e. The van der Waals surface area contributed by atoms with E-state index in [1.807, 2.05) is 68.4 Å². The molecule has 0 bridgehead atoms. The highest BCUT2D eigenvalue weighted by molar-refractivity contribution is 5.81. The summed E-state index contributed by atoms with van der Waals surface area (Å²) in [4.78, 5) is 13.8. The van der Waals surface area contributed by atoms with Gasteiger partial charge in [-0.3, -0.25) is 4.79 Å². The van der Waals surface area contributed by atoms with Crippen molar-refractivity contribution in [1.29, 1.82) is 5.26 Å². The van der Waals surface area contributed by atoms with Crippen molar-refractivity contribution in [3.05, 3.63) is 60.2 Å². The van der Waals surface area contributed by atoms with Crippen LogP contribution in [-0.4, -0.2) is 38.2 Å². The Bertz CT molecular complexity index is 1040. The standard InChI is InChI=1S/C23H27N7O/c1-17(2)23(3,16-24)26-21(31)15-25-20-11-9-18(10-12-20)13-14-30-28-22(27-29-30)19-7-5-4-6-8-19/h4-12,17,25H,13-15H2,1-3H3,(H,26,31). The van der Waals surface area contributed by atoms with Crippen LogP contribution in [0.4, 0.5) is 5.69 Å². The molecule has 0 saturated carbocycles. The molecule has 8 heteroatoms. The molecule has 2 N–H and O–H groups in total. The molecule has 31 heavy (non-hydrogen) atoms. The smallest absolute Gasteiger partial charge is 0.240 e. The Balaban J connectivity index is 1.48. The fraction of sp³-hybridized carbons (Fsp3) is 0.348. The molecule has 8 nitrogen and oxygen atoms in total. The van der Waals surface area contributed by atoms with Crippen molar-refractivity contribution in [3.8, 4) is 17.5 Å². The maximum Gasteiger partial charge on any atom is 0.240 e. The second-order valence-corrected chi connectivity index (χ2v) is 7.89. The molecule has 2 aromatic carbocycles. The summed E-state index contributed by atoms with van der Waals surface area (Å²) in [7, 11) is 0. The summed E-state index contributed by atoms with van der Waals surface area (Å²) in [6.45, 7) is 6.28. The zero-order valence-corrected chi connectivity index (χ0v) is 18.0. The van der Waals surface area contributed by atoms with Crippen molar-refractivity contribution < 1.29 is 4.79 Å². The molecule has 0 saturated heterocycles. The second kappa shape index (κ2) is 9.85. The molecular weight excluding hydrogens is 390 g/mol. The summed E-state index contributed by atoms with van der Waals surface area (Å²) < 4.78 is 0. The predicted molar refractivity (Wildman–Crippen MR) is 119 cm³/mol. The number of nitrogens with one attached hydrogen (secondary N) is 2. The SMILES string of the molecule is CC(C)C(C)(C#N)NC(=O)CNc1ccc(CCn2nnc(-c3ccccc3)n2)cc1. The van der Waals surface area contributed by atoms with Crippen molar-refractivity contribution in [3.63, 3.8) is 0 Å². The van der Waals surface area contributed by atoms with E-state index < -0.39 is 5.54 Å². The van der Waals surface area contributed by atoms with Crippen LogP contribution in [-0.2, 0) is 17.8 Å². The van der Waals surface area contributed by atoms with Gasteiger partial charge in [0.15, 0.2) is 0 Å². The molecule has 3 rings (SSSR count). The van der Waals surface area contributed by atoms with Crippen LogP contribution < -0.4 is 10.6 Å². The number of aryl methyl sites for hydroxylation is 2. The minimum atomic E-state index is -0.877. The average Bonchev–Trinajstić information content (AvgIpc) is 3.26. The van der Waals surface area contributed by atoms with Crippen LogP contribution in [0.5, 0.6) is 0 Å². The number of carbonyl (C=O) groups is 1. The first-order valence-corrected chi connectivity index (χ1v) is 10.3. The third-order valence-corrected chi connectivity index (χ3v) is 5.28. The first kappa shape index (κ1) is 22.0. The van der Waals surface area contributed by atoms with E-state index in [-0.39, 0.29) is 18.4 Å². The molecule has 0 aliphatic carbocycles. The zero-order chi connectivity index (χ0) is 22.3. The summed E-state index contributed by atoms with van der Waals surface area (Å²) in [6, 6.07) is 19.8. The Morgan fingerprint density at radius 3 is 2.52 bits per heavy atom. The van der Waals surface area contributed by atoms with Gasteiger partial charge in [0.05, 0.1) is 19.2 Å². The summed E-state index contributed by atoms with van der Waals surface area (Å²) in [6.07, 6.45) is 0.764. The van der Waals surface area contributed by atoms with E-state index in [4.69, 9.17) is 0 Å². The number of nitrogens with zero attached hydrogens (tertiary/aromatic N) is 5. The fourth-order valence-electron chi connectivity index (χ4n) is 2.88. The molecule has 0 aliphatic rings. The van der Waals surface area contributed by atoms with E-state index in [0.717, 1.165) is 23.2 Å². The zero-order valence-electron chi connectivity index (χ0n) is 18.0. The van der Waals surface area contributed by atoms with Crippen LogP contribution in [0.25, 0.3) is 11.4 Å². The number of nitriles is 1. The Kier molecular flexibility index (Phi) is 6.98. The molecular formula is C23H27N7O. The molecule has 160 valence electrons. The molecule has 0 spiro atoms. The summed E-state index contributed by atoms with van der Waals surface area (Å²) >= 11 is 0. The summed E-state index contributed by atoms with van der Waals surface area (Å²) in [5.74, 6) is 0.417. The van der Waals surface area contributed by atoms with E-state index in [1.54, 1.807) is 11.7 Å². The summed E-state index contributed by atoms with van der Waals surface area (Å²) in [5, 5.41) is 27.8. The molecule has 3 aromatic rings. The highest BCUT2D eigenvalue weighted by Gasteiger charge is 2.29. The van der Waals surface area contributed by atoms with Gasteiger partial charge in [0, 0.05) is 11.3 Å². The van der Waals surface area contributed by atoms with Gasteiger partial charge in [-0.05, 0) is 42.2 Å². The first-order chi connectivity index (χ1) is 14.9. The van der Waals surface area contributed by atoms with Gasteiger partial charge in [-0.1, -0.05) is 56.3 Å². The number of rotatable bonds is 9. The average molecular weight is 418 g/mol. The first-order valence-electron chi connectivity index (χ1n) is 10.3. The van der Waals surface area contributed by atoms with E-state index in [2.05, 4.69) is 32.1 Å². The maximum absolute atomic E-state index is 12.2. The number of tetrazole rings is 1. The van der Waals surface area contributed by atoms with Gasteiger partial charge >= 0.3 is 0 Å². The lowest BCUT2D eigenvalue weighted by Crippen LogP contribution is -2.50. The lowest BCUT2D eigenvalue weighted by atomic mass is 9.90. The Morgan fingerprint density at radius 2 is 1.87 bits per heavy atom. The highest BCUT2D eigenvalue weighted by Crippen LogP contribution is 2.16. The lowest BCUT2D eigenvalue weighted by molar-refractivity contribution is -0.121. The topological polar surface area (TPSA) is 109 Å². The lowest BCUT2D eigenvalue weighted by Gasteiger charge is -2.27. The summed E-state index contributed by atoms with van der Waals surface area (Å²) in [5.41, 5.74) is 2.03. The fourth-order valence-corrected chi connectivity index (χ4v) is 2.88. The Labute approximate surface area is 182 Å². The van der Waals surface area contributed by atoms with Gasteiger partial charge in [0.2, 0.25) is 11.7 Å². The molecule has 1 amide bonds. The number of anilines is 1. The molecule has 0 fully saturated rings. The quantitative estimate of drug-likeness (QED) is 0.554. The normalized spacial score (nSPS) is 12.7. The van der Waals surface area contributed by atoms with Gasteiger partial charge in [-0.2, -0.15) is 10.1 Å². The molecule has 0 radical (unpaired) electrons. The monoisotopic (exact) mass is 417 g/mol. The maximum atomic E-state index is 12.2. The van der Waals surface area contributed by atoms with Gasteiger partial charge in [0.1, 0.15) is 5.54 Å². The van der Waals surface area contributed by atoms with E-state index in [9.17, 15) is 10.1 Å².